The van der Waals surface area contributed by atoms with Gasteiger partial charge in [0.15, 0.2) is 5.69 Å². The van der Waals surface area contributed by atoms with Gasteiger partial charge in [0.1, 0.15) is 0 Å². The Kier molecular flexibility index (Phi) is 4.03. The monoisotopic (exact) mass is 209 g/mol. The van der Waals surface area contributed by atoms with Crippen molar-refractivity contribution in [2.24, 2.45) is 0 Å². The van der Waals surface area contributed by atoms with E-state index in [1.54, 1.807) is 0 Å². The van der Waals surface area contributed by atoms with Gasteiger partial charge in [0.05, 0.1) is 0 Å². The van der Waals surface area contributed by atoms with Crippen molar-refractivity contribution in [1.29, 1.82) is 0 Å². The van der Waals surface area contributed by atoms with Crippen molar-refractivity contribution in [3.05, 3.63) is 17.5 Å². The number of aromatic carboxylic acids is 1. The minimum Gasteiger partial charge on any atom is -0.477 e. The number of carbonyl (C=O) groups is 1. The highest BCUT2D eigenvalue weighted by Crippen LogP contribution is 2.06. The molecule has 0 saturated heterocycles. The molecule has 5 heteroatoms. The second-order valence-corrected chi connectivity index (χ2v) is 3.15. The summed E-state index contributed by atoms with van der Waals surface area (Å²) in [6.07, 6.45) is 1.64. The molecule has 0 aliphatic heterocycles. The summed E-state index contributed by atoms with van der Waals surface area (Å²) in [6, 6.07) is 1.50. The third-order valence-corrected chi connectivity index (χ3v) is 1.89. The van der Waals surface area contributed by atoms with Crippen LogP contribution >= 0.6 is 0 Å². The third-order valence-electron chi connectivity index (χ3n) is 1.89. The molecule has 0 aromatic carbocycles. The average Bonchev–Trinajstić information content (AvgIpc) is 2.25. The van der Waals surface area contributed by atoms with Gasteiger partial charge in [-0.1, -0.05) is 13.8 Å². The van der Waals surface area contributed by atoms with Crippen LogP contribution in [-0.4, -0.2) is 27.6 Å². The first-order chi connectivity index (χ1) is 7.17. The second kappa shape index (κ2) is 5.29. The summed E-state index contributed by atoms with van der Waals surface area (Å²) in [5, 5.41) is 11.8. The van der Waals surface area contributed by atoms with E-state index in [2.05, 4.69) is 15.3 Å². The molecule has 2 N–H and O–H groups in total. The fraction of sp³-hybridized carbons (Fsp3) is 0.500. The van der Waals surface area contributed by atoms with Crippen LogP contribution in [0.2, 0.25) is 0 Å². The van der Waals surface area contributed by atoms with Crippen LogP contribution in [0.5, 0.6) is 0 Å². The van der Waals surface area contributed by atoms with Gasteiger partial charge >= 0.3 is 5.97 Å². The van der Waals surface area contributed by atoms with Crippen LogP contribution < -0.4 is 5.32 Å². The maximum atomic E-state index is 10.8. The van der Waals surface area contributed by atoms with Gasteiger partial charge in [-0.2, -0.15) is 0 Å². The van der Waals surface area contributed by atoms with Crippen LogP contribution in [0.1, 0.15) is 36.5 Å². The summed E-state index contributed by atoms with van der Waals surface area (Å²) in [5.41, 5.74) is 0.779. The van der Waals surface area contributed by atoms with Crippen LogP contribution in [-0.2, 0) is 6.42 Å². The Morgan fingerprint density at radius 3 is 2.73 bits per heavy atom. The molecule has 1 heterocycles. The summed E-state index contributed by atoms with van der Waals surface area (Å²) in [7, 11) is 0. The standard InChI is InChI=1S/C10H15N3O2/c1-3-5-11-10-12-7(4-2)6-8(13-10)9(14)15/h6H,3-5H2,1-2H3,(H,14,15)(H,11,12,13). The number of hydrogen-bond acceptors (Lipinski definition) is 4. The maximum Gasteiger partial charge on any atom is 0.354 e. The van der Waals surface area contributed by atoms with Crippen molar-refractivity contribution >= 4 is 11.9 Å². The molecule has 0 spiro atoms. The van der Waals surface area contributed by atoms with Crippen LogP contribution in [0.3, 0.4) is 0 Å². The molecule has 5 nitrogen and oxygen atoms in total. The first kappa shape index (κ1) is 11.4. The summed E-state index contributed by atoms with van der Waals surface area (Å²) in [4.78, 5) is 18.9. The number of hydrogen-bond donors (Lipinski definition) is 2. The van der Waals surface area contributed by atoms with Gasteiger partial charge in [-0.3, -0.25) is 0 Å². The molecule has 0 atom stereocenters. The third kappa shape index (κ3) is 3.19. The minimum atomic E-state index is -1.02. The number of nitrogens with zero attached hydrogens (tertiary/aromatic N) is 2. The highest BCUT2D eigenvalue weighted by atomic mass is 16.4. The van der Waals surface area contributed by atoms with Gasteiger partial charge in [0, 0.05) is 12.2 Å². The van der Waals surface area contributed by atoms with Crippen molar-refractivity contribution in [3.63, 3.8) is 0 Å². The quantitative estimate of drug-likeness (QED) is 0.769. The van der Waals surface area contributed by atoms with E-state index in [1.165, 1.54) is 6.07 Å². The topological polar surface area (TPSA) is 75.1 Å². The van der Waals surface area contributed by atoms with Gasteiger partial charge in [0.25, 0.3) is 0 Å². The molecule has 0 unspecified atom stereocenters. The van der Waals surface area contributed by atoms with Gasteiger partial charge < -0.3 is 10.4 Å². The van der Waals surface area contributed by atoms with Gasteiger partial charge in [-0.05, 0) is 18.9 Å². The van der Waals surface area contributed by atoms with E-state index < -0.39 is 5.97 Å². The maximum absolute atomic E-state index is 10.8. The first-order valence-corrected chi connectivity index (χ1v) is 5.02. The molecule has 1 aromatic rings. The summed E-state index contributed by atoms with van der Waals surface area (Å²) < 4.78 is 0. The van der Waals surface area contributed by atoms with E-state index in [0.717, 1.165) is 18.7 Å². The minimum absolute atomic E-state index is 0.0421. The lowest BCUT2D eigenvalue weighted by Crippen LogP contribution is -2.10. The average molecular weight is 209 g/mol. The number of aryl methyl sites for hydroxylation is 1. The van der Waals surface area contributed by atoms with Crippen LogP contribution in [0.4, 0.5) is 5.95 Å². The Balaban J connectivity index is 2.95. The predicted octanol–water partition coefficient (Wildman–Crippen LogP) is 1.56. The Morgan fingerprint density at radius 1 is 1.47 bits per heavy atom. The second-order valence-electron chi connectivity index (χ2n) is 3.15. The number of carboxylic acid groups (broad SMARTS) is 1. The van der Waals surface area contributed by atoms with Gasteiger partial charge in [-0.25, -0.2) is 14.8 Å². The molecule has 0 fully saturated rings. The predicted molar refractivity (Wildman–Crippen MR) is 57.2 cm³/mol. The number of aromatic nitrogens is 2. The lowest BCUT2D eigenvalue weighted by Gasteiger charge is -2.05. The van der Waals surface area contributed by atoms with Gasteiger partial charge in [0.2, 0.25) is 5.95 Å². The number of nitrogens with one attached hydrogen (secondary N) is 1. The van der Waals surface area contributed by atoms with Crippen molar-refractivity contribution in [2.45, 2.75) is 26.7 Å². The molecule has 1 rings (SSSR count). The van der Waals surface area contributed by atoms with Crippen LogP contribution in [0.25, 0.3) is 0 Å². The van der Waals surface area contributed by atoms with Crippen molar-refractivity contribution < 1.29 is 9.90 Å². The van der Waals surface area contributed by atoms with Crippen molar-refractivity contribution in [3.8, 4) is 0 Å². The molecular formula is C10H15N3O2. The summed E-state index contributed by atoms with van der Waals surface area (Å²) >= 11 is 0. The fourth-order valence-electron chi connectivity index (χ4n) is 1.10. The molecule has 0 amide bonds. The molecule has 0 aliphatic carbocycles. The lowest BCUT2D eigenvalue weighted by atomic mass is 10.3. The fourth-order valence-corrected chi connectivity index (χ4v) is 1.10. The van der Waals surface area contributed by atoms with Crippen molar-refractivity contribution in [2.75, 3.05) is 11.9 Å². The zero-order chi connectivity index (χ0) is 11.3. The molecule has 0 saturated carbocycles. The molecule has 0 aliphatic rings. The van der Waals surface area contributed by atoms with E-state index in [9.17, 15) is 4.79 Å². The number of anilines is 1. The van der Waals surface area contributed by atoms with Gasteiger partial charge in [-0.15, -0.1) is 0 Å². The van der Waals surface area contributed by atoms with Crippen LogP contribution in [0.15, 0.2) is 6.07 Å². The smallest absolute Gasteiger partial charge is 0.354 e. The zero-order valence-electron chi connectivity index (χ0n) is 8.95. The van der Waals surface area contributed by atoms with E-state index >= 15 is 0 Å². The Labute approximate surface area is 88.6 Å². The molecule has 15 heavy (non-hydrogen) atoms. The van der Waals surface area contributed by atoms with E-state index in [0.29, 0.717) is 12.4 Å². The first-order valence-electron chi connectivity index (χ1n) is 5.02. The van der Waals surface area contributed by atoms with E-state index in [4.69, 9.17) is 5.11 Å². The molecule has 1 aromatic heterocycles. The highest BCUT2D eigenvalue weighted by molar-refractivity contribution is 5.85. The Bertz CT molecular complexity index is 353. The van der Waals surface area contributed by atoms with Crippen molar-refractivity contribution in [1.82, 2.24) is 9.97 Å². The lowest BCUT2D eigenvalue weighted by molar-refractivity contribution is 0.0690. The van der Waals surface area contributed by atoms with Crippen LogP contribution in [0, 0.1) is 0 Å². The normalized spacial score (nSPS) is 10.0. The molecular weight excluding hydrogens is 194 g/mol. The number of rotatable bonds is 5. The van der Waals surface area contributed by atoms with E-state index in [-0.39, 0.29) is 5.69 Å². The largest absolute Gasteiger partial charge is 0.477 e. The Hall–Kier alpha value is -1.65. The summed E-state index contributed by atoms with van der Waals surface area (Å²) in [6.45, 7) is 4.69. The molecule has 82 valence electrons. The highest BCUT2D eigenvalue weighted by Gasteiger charge is 2.08. The molecule has 0 bridgehead atoms. The Morgan fingerprint density at radius 2 is 2.20 bits per heavy atom. The summed E-state index contributed by atoms with van der Waals surface area (Å²) in [5.74, 6) is -0.625. The number of carboxylic acids is 1. The zero-order valence-corrected chi connectivity index (χ0v) is 8.95. The molecule has 0 radical (unpaired) electrons. The van der Waals surface area contributed by atoms with E-state index in [1.807, 2.05) is 13.8 Å². The SMILES string of the molecule is CCCNc1nc(CC)cc(C(=O)O)n1.